The minimum absolute atomic E-state index is 0.212. The van der Waals surface area contributed by atoms with E-state index >= 15 is 0 Å². The van der Waals surface area contributed by atoms with Crippen LogP contribution >= 0.6 is 11.3 Å². The number of aromatic nitrogens is 1. The van der Waals surface area contributed by atoms with Crippen molar-refractivity contribution in [2.75, 3.05) is 33.3 Å². The van der Waals surface area contributed by atoms with E-state index < -0.39 is 5.60 Å². The first-order chi connectivity index (χ1) is 13.6. The fourth-order valence-corrected chi connectivity index (χ4v) is 5.08. The zero-order chi connectivity index (χ0) is 19.6. The molecule has 0 radical (unpaired) electrons. The average molecular weight is 404 g/mol. The third-order valence-corrected chi connectivity index (χ3v) is 6.74. The van der Waals surface area contributed by atoms with Gasteiger partial charge in [-0.1, -0.05) is 18.2 Å². The Hall–Kier alpha value is -1.51. The van der Waals surface area contributed by atoms with E-state index in [0.29, 0.717) is 12.8 Å². The van der Waals surface area contributed by atoms with Gasteiger partial charge in [0.25, 0.3) is 0 Å². The number of thiazole rings is 1. The molecular formula is C21H29N3O3S. The van der Waals surface area contributed by atoms with Gasteiger partial charge in [0, 0.05) is 43.7 Å². The molecule has 0 spiro atoms. The molecule has 2 fully saturated rings. The van der Waals surface area contributed by atoms with Crippen LogP contribution in [0, 0.1) is 0 Å². The van der Waals surface area contributed by atoms with E-state index in [9.17, 15) is 10.2 Å². The lowest BCUT2D eigenvalue weighted by molar-refractivity contribution is -0.0308. The summed E-state index contributed by atoms with van der Waals surface area (Å²) in [5.74, 6) is 0.916. The van der Waals surface area contributed by atoms with Crippen molar-refractivity contribution in [1.29, 1.82) is 0 Å². The molecule has 0 saturated carbocycles. The standard InChI is InChI=1S/C21H29N3O3S/c1-27-18-5-3-2-4-16(18)12-23-10-7-21(26,8-11-23)19-15-28-20(22-19)14-24-9-6-17(25)13-24/h2-5,15,17,25-26H,6-14H2,1H3/t17-/m1/s1. The number of benzene rings is 1. The second-order valence-corrected chi connectivity index (χ2v) is 8.87. The number of aliphatic hydroxyl groups is 2. The Morgan fingerprint density at radius 1 is 1.18 bits per heavy atom. The fourth-order valence-electron chi connectivity index (χ4n) is 4.16. The van der Waals surface area contributed by atoms with E-state index in [1.54, 1.807) is 18.4 Å². The molecule has 2 saturated heterocycles. The number of nitrogens with zero attached hydrogens (tertiary/aromatic N) is 3. The van der Waals surface area contributed by atoms with E-state index in [2.05, 4.69) is 15.9 Å². The van der Waals surface area contributed by atoms with Gasteiger partial charge in [0.05, 0.1) is 25.5 Å². The Labute approximate surface area is 170 Å². The van der Waals surface area contributed by atoms with Crippen molar-refractivity contribution >= 4 is 11.3 Å². The molecule has 4 rings (SSSR count). The summed E-state index contributed by atoms with van der Waals surface area (Å²) in [6.45, 7) is 4.90. The minimum atomic E-state index is -0.837. The number of likely N-dealkylation sites (tertiary alicyclic amines) is 2. The average Bonchev–Trinajstić information content (AvgIpc) is 3.34. The molecule has 0 unspecified atom stereocenters. The van der Waals surface area contributed by atoms with Crippen molar-refractivity contribution in [3.05, 3.63) is 45.9 Å². The minimum Gasteiger partial charge on any atom is -0.496 e. The number of β-amino-alcohol motifs (C(OH)–C–C–N with tert-alkyl or cyclic N) is 1. The van der Waals surface area contributed by atoms with Crippen molar-refractivity contribution < 1.29 is 14.9 Å². The van der Waals surface area contributed by atoms with E-state index in [-0.39, 0.29) is 6.10 Å². The van der Waals surface area contributed by atoms with E-state index in [1.165, 1.54) is 5.56 Å². The van der Waals surface area contributed by atoms with Crippen LogP contribution in [0.5, 0.6) is 5.75 Å². The third-order valence-electron chi connectivity index (χ3n) is 5.90. The maximum atomic E-state index is 11.2. The second-order valence-electron chi connectivity index (χ2n) is 7.92. The summed E-state index contributed by atoms with van der Waals surface area (Å²) in [7, 11) is 1.70. The van der Waals surface area contributed by atoms with Crippen LogP contribution in [0.3, 0.4) is 0 Å². The molecule has 0 bridgehead atoms. The third kappa shape index (κ3) is 4.39. The molecule has 2 aliphatic heterocycles. The van der Waals surface area contributed by atoms with Crippen LogP contribution in [-0.2, 0) is 18.7 Å². The predicted molar refractivity (Wildman–Crippen MR) is 109 cm³/mol. The van der Waals surface area contributed by atoms with Crippen molar-refractivity contribution in [2.24, 2.45) is 0 Å². The van der Waals surface area contributed by atoms with Gasteiger partial charge in [0.2, 0.25) is 0 Å². The highest BCUT2D eigenvalue weighted by atomic mass is 32.1. The molecule has 6 nitrogen and oxygen atoms in total. The zero-order valence-electron chi connectivity index (χ0n) is 16.4. The van der Waals surface area contributed by atoms with Gasteiger partial charge < -0.3 is 14.9 Å². The molecule has 3 heterocycles. The van der Waals surface area contributed by atoms with Crippen molar-refractivity contribution in [1.82, 2.24) is 14.8 Å². The van der Waals surface area contributed by atoms with Gasteiger partial charge in [-0.25, -0.2) is 4.98 Å². The zero-order valence-corrected chi connectivity index (χ0v) is 17.2. The van der Waals surface area contributed by atoms with E-state index in [1.807, 2.05) is 23.6 Å². The van der Waals surface area contributed by atoms with Gasteiger partial charge in [-0.2, -0.15) is 0 Å². The molecule has 1 aromatic carbocycles. The van der Waals surface area contributed by atoms with Crippen LogP contribution in [0.2, 0.25) is 0 Å². The summed E-state index contributed by atoms with van der Waals surface area (Å²) in [4.78, 5) is 9.33. The topological polar surface area (TPSA) is 69.1 Å². The maximum absolute atomic E-state index is 11.2. The number of rotatable bonds is 6. The lowest BCUT2D eigenvalue weighted by atomic mass is 9.88. The Morgan fingerprint density at radius 3 is 2.68 bits per heavy atom. The van der Waals surface area contributed by atoms with Crippen LogP contribution in [-0.4, -0.2) is 64.4 Å². The molecule has 1 aromatic heterocycles. The molecule has 0 amide bonds. The summed E-state index contributed by atoms with van der Waals surface area (Å²) < 4.78 is 5.46. The molecule has 2 N–H and O–H groups in total. The normalized spacial score (nSPS) is 23.2. The van der Waals surface area contributed by atoms with Crippen LogP contribution in [0.25, 0.3) is 0 Å². The summed E-state index contributed by atoms with van der Waals surface area (Å²) in [6.07, 6.45) is 2.00. The van der Waals surface area contributed by atoms with E-state index in [0.717, 1.165) is 62.1 Å². The Kier molecular flexibility index (Phi) is 5.99. The number of hydrogen-bond donors (Lipinski definition) is 2. The summed E-state index contributed by atoms with van der Waals surface area (Å²) in [6, 6.07) is 8.11. The molecular weight excluding hydrogens is 374 g/mol. The fraction of sp³-hybridized carbons (Fsp3) is 0.571. The predicted octanol–water partition coefficient (Wildman–Crippen LogP) is 2.20. The molecule has 2 aromatic rings. The Morgan fingerprint density at radius 2 is 1.96 bits per heavy atom. The van der Waals surface area contributed by atoms with Gasteiger partial charge in [-0.15, -0.1) is 11.3 Å². The monoisotopic (exact) mass is 403 g/mol. The number of hydrogen-bond acceptors (Lipinski definition) is 7. The summed E-state index contributed by atoms with van der Waals surface area (Å²) in [5.41, 5.74) is 1.15. The first kappa shape index (κ1) is 19.8. The van der Waals surface area contributed by atoms with Gasteiger partial charge in [-0.3, -0.25) is 9.80 Å². The van der Waals surface area contributed by atoms with Crippen molar-refractivity contribution in [3.63, 3.8) is 0 Å². The number of methoxy groups -OCH3 is 1. The SMILES string of the molecule is COc1ccccc1CN1CCC(O)(c2csc(CN3CC[C@@H](O)C3)n2)CC1. The first-order valence-electron chi connectivity index (χ1n) is 9.98. The van der Waals surface area contributed by atoms with Gasteiger partial charge in [0.1, 0.15) is 16.4 Å². The quantitative estimate of drug-likeness (QED) is 0.771. The van der Waals surface area contributed by atoms with Crippen molar-refractivity contribution in [2.45, 2.75) is 44.1 Å². The van der Waals surface area contributed by atoms with Crippen molar-refractivity contribution in [3.8, 4) is 5.75 Å². The molecule has 28 heavy (non-hydrogen) atoms. The lowest BCUT2D eigenvalue weighted by Gasteiger charge is -2.37. The molecule has 2 aliphatic rings. The number of para-hydroxylation sites is 1. The first-order valence-corrected chi connectivity index (χ1v) is 10.9. The van der Waals surface area contributed by atoms with Crippen LogP contribution in [0.4, 0.5) is 0 Å². The lowest BCUT2D eigenvalue weighted by Crippen LogP contribution is -2.42. The molecule has 1 atom stereocenters. The van der Waals surface area contributed by atoms with Gasteiger partial charge >= 0.3 is 0 Å². The highest BCUT2D eigenvalue weighted by molar-refractivity contribution is 7.09. The van der Waals surface area contributed by atoms with Gasteiger partial charge in [0.15, 0.2) is 0 Å². The highest BCUT2D eigenvalue weighted by Gasteiger charge is 2.36. The molecule has 7 heteroatoms. The Bertz CT molecular complexity index is 789. The molecule has 152 valence electrons. The largest absolute Gasteiger partial charge is 0.496 e. The smallest absolute Gasteiger partial charge is 0.123 e. The number of piperidine rings is 1. The van der Waals surface area contributed by atoms with Crippen LogP contribution < -0.4 is 4.74 Å². The Balaban J connectivity index is 1.34. The second kappa shape index (κ2) is 8.47. The van der Waals surface area contributed by atoms with Crippen LogP contribution in [0.15, 0.2) is 29.6 Å². The highest BCUT2D eigenvalue weighted by Crippen LogP contribution is 2.34. The molecule has 0 aliphatic carbocycles. The maximum Gasteiger partial charge on any atom is 0.123 e. The summed E-state index contributed by atoms with van der Waals surface area (Å²) in [5, 5.41) is 23.9. The van der Waals surface area contributed by atoms with E-state index in [4.69, 9.17) is 9.72 Å². The number of ether oxygens (including phenoxy) is 1. The van der Waals surface area contributed by atoms with Gasteiger partial charge in [-0.05, 0) is 25.3 Å². The van der Waals surface area contributed by atoms with Crippen LogP contribution in [0.1, 0.15) is 35.5 Å². The number of aliphatic hydroxyl groups excluding tert-OH is 1. The summed E-state index contributed by atoms with van der Waals surface area (Å²) >= 11 is 1.61.